The number of hydrogen-bond acceptors (Lipinski definition) is 2. The van der Waals surface area contributed by atoms with Gasteiger partial charge in [-0.1, -0.05) is 18.2 Å². The van der Waals surface area contributed by atoms with Gasteiger partial charge >= 0.3 is 0 Å². The lowest BCUT2D eigenvalue weighted by Crippen LogP contribution is -2.07. The summed E-state index contributed by atoms with van der Waals surface area (Å²) in [4.78, 5) is 0. The largest absolute Gasteiger partial charge is 0.474 e. The van der Waals surface area contributed by atoms with Crippen LogP contribution in [0.5, 0.6) is 5.88 Å². The summed E-state index contributed by atoms with van der Waals surface area (Å²) >= 11 is 0. The zero-order valence-electron chi connectivity index (χ0n) is 10.8. The van der Waals surface area contributed by atoms with Crippen LogP contribution in [0.25, 0.3) is 5.69 Å². The maximum Gasteiger partial charge on any atom is 0.236 e. The fourth-order valence-corrected chi connectivity index (χ4v) is 1.71. The Morgan fingerprint density at radius 3 is 2.35 bits per heavy atom. The van der Waals surface area contributed by atoms with Crippen molar-refractivity contribution < 1.29 is 4.74 Å². The van der Waals surface area contributed by atoms with Crippen LogP contribution in [0.15, 0.2) is 30.3 Å². The molecule has 0 fully saturated rings. The van der Waals surface area contributed by atoms with Gasteiger partial charge in [-0.05, 0) is 39.8 Å². The van der Waals surface area contributed by atoms with Crippen molar-refractivity contribution in [1.29, 1.82) is 0 Å². The maximum atomic E-state index is 5.70. The minimum atomic E-state index is 0.146. The first-order valence-electron chi connectivity index (χ1n) is 5.88. The van der Waals surface area contributed by atoms with Crippen LogP contribution in [0.3, 0.4) is 0 Å². The van der Waals surface area contributed by atoms with Crippen molar-refractivity contribution in [2.24, 2.45) is 0 Å². The highest BCUT2D eigenvalue weighted by atomic mass is 16.5. The second-order valence-electron chi connectivity index (χ2n) is 4.43. The highest BCUT2D eigenvalue weighted by Gasteiger charge is 2.13. The Kier molecular flexibility index (Phi) is 3.18. The van der Waals surface area contributed by atoms with Gasteiger partial charge in [0.1, 0.15) is 0 Å². The number of benzene rings is 1. The fourth-order valence-electron chi connectivity index (χ4n) is 1.71. The second-order valence-corrected chi connectivity index (χ2v) is 4.43. The standard InChI is InChI=1S/C14H18N2O/c1-10(2)17-14-11(3)12(4)16(15-14)13-8-6-5-7-9-13/h5-10H,1-4H3. The van der Waals surface area contributed by atoms with E-state index in [-0.39, 0.29) is 6.10 Å². The van der Waals surface area contributed by atoms with Crippen molar-refractivity contribution in [3.05, 3.63) is 41.6 Å². The Balaban J connectivity index is 2.43. The second kappa shape index (κ2) is 4.62. The molecule has 0 aliphatic rings. The lowest BCUT2D eigenvalue weighted by atomic mass is 10.2. The Morgan fingerprint density at radius 1 is 1.12 bits per heavy atom. The van der Waals surface area contributed by atoms with Gasteiger partial charge in [-0.25, -0.2) is 4.68 Å². The van der Waals surface area contributed by atoms with Crippen LogP contribution in [0, 0.1) is 13.8 Å². The van der Waals surface area contributed by atoms with Gasteiger partial charge in [0.15, 0.2) is 0 Å². The Morgan fingerprint density at radius 2 is 1.76 bits per heavy atom. The predicted molar refractivity (Wildman–Crippen MR) is 68.8 cm³/mol. The van der Waals surface area contributed by atoms with E-state index in [4.69, 9.17) is 4.74 Å². The lowest BCUT2D eigenvalue weighted by Gasteiger charge is -2.06. The average molecular weight is 230 g/mol. The normalized spacial score (nSPS) is 10.9. The van der Waals surface area contributed by atoms with Crippen LogP contribution in [0.2, 0.25) is 0 Å². The minimum absolute atomic E-state index is 0.146. The third-order valence-corrected chi connectivity index (χ3v) is 2.72. The number of hydrogen-bond donors (Lipinski definition) is 0. The summed E-state index contributed by atoms with van der Waals surface area (Å²) in [6, 6.07) is 10.1. The number of para-hydroxylation sites is 1. The molecular formula is C14H18N2O. The molecule has 0 aliphatic carbocycles. The predicted octanol–water partition coefficient (Wildman–Crippen LogP) is 3.28. The summed E-state index contributed by atoms with van der Waals surface area (Å²) in [7, 11) is 0. The number of aromatic nitrogens is 2. The lowest BCUT2D eigenvalue weighted by molar-refractivity contribution is 0.230. The summed E-state index contributed by atoms with van der Waals surface area (Å²) in [5.41, 5.74) is 3.28. The van der Waals surface area contributed by atoms with Crippen molar-refractivity contribution in [2.75, 3.05) is 0 Å². The van der Waals surface area contributed by atoms with Crippen LogP contribution in [-0.4, -0.2) is 15.9 Å². The SMILES string of the molecule is Cc1c(OC(C)C)nn(-c2ccccc2)c1C. The third kappa shape index (κ3) is 2.33. The molecule has 3 nitrogen and oxygen atoms in total. The molecule has 0 spiro atoms. The summed E-state index contributed by atoms with van der Waals surface area (Å²) in [5, 5.41) is 4.51. The zero-order chi connectivity index (χ0) is 12.4. The monoisotopic (exact) mass is 230 g/mol. The van der Waals surface area contributed by atoms with Gasteiger partial charge in [0.05, 0.1) is 11.8 Å². The van der Waals surface area contributed by atoms with E-state index in [9.17, 15) is 0 Å². The van der Waals surface area contributed by atoms with Crippen LogP contribution in [0.4, 0.5) is 0 Å². The highest BCUT2D eigenvalue weighted by Crippen LogP contribution is 2.23. The molecular weight excluding hydrogens is 212 g/mol. The molecule has 1 aromatic carbocycles. The number of ether oxygens (including phenoxy) is 1. The quantitative estimate of drug-likeness (QED) is 0.809. The van der Waals surface area contributed by atoms with E-state index in [2.05, 4.69) is 12.0 Å². The summed E-state index contributed by atoms with van der Waals surface area (Å²) in [6.07, 6.45) is 0.146. The Hall–Kier alpha value is -1.77. The molecule has 0 unspecified atom stereocenters. The van der Waals surface area contributed by atoms with E-state index >= 15 is 0 Å². The molecule has 0 radical (unpaired) electrons. The number of rotatable bonds is 3. The van der Waals surface area contributed by atoms with Crippen LogP contribution in [-0.2, 0) is 0 Å². The molecule has 2 rings (SSSR count). The maximum absolute atomic E-state index is 5.70. The molecule has 0 atom stereocenters. The van der Waals surface area contributed by atoms with Crippen molar-refractivity contribution >= 4 is 0 Å². The zero-order valence-corrected chi connectivity index (χ0v) is 10.8. The molecule has 0 N–H and O–H groups in total. The molecule has 2 aromatic rings. The van der Waals surface area contributed by atoms with Gasteiger partial charge in [-0.3, -0.25) is 0 Å². The fraction of sp³-hybridized carbons (Fsp3) is 0.357. The Labute approximate surface area is 102 Å². The van der Waals surface area contributed by atoms with Crippen molar-refractivity contribution in [1.82, 2.24) is 9.78 Å². The van der Waals surface area contributed by atoms with Crippen molar-refractivity contribution in [3.8, 4) is 11.6 Å². The van der Waals surface area contributed by atoms with Crippen LogP contribution >= 0.6 is 0 Å². The van der Waals surface area contributed by atoms with Gasteiger partial charge in [-0.2, -0.15) is 0 Å². The summed E-state index contributed by atoms with van der Waals surface area (Å²) in [5.74, 6) is 0.723. The number of nitrogens with zero attached hydrogens (tertiary/aromatic N) is 2. The summed E-state index contributed by atoms with van der Waals surface area (Å²) in [6.45, 7) is 8.12. The molecule has 0 bridgehead atoms. The van der Waals surface area contributed by atoms with E-state index in [1.165, 1.54) is 0 Å². The van der Waals surface area contributed by atoms with Crippen LogP contribution in [0.1, 0.15) is 25.1 Å². The van der Waals surface area contributed by atoms with E-state index in [0.717, 1.165) is 22.8 Å². The minimum Gasteiger partial charge on any atom is -0.474 e. The molecule has 0 saturated heterocycles. The van der Waals surface area contributed by atoms with E-state index < -0.39 is 0 Å². The van der Waals surface area contributed by atoms with E-state index in [1.807, 2.05) is 55.8 Å². The molecule has 1 aromatic heterocycles. The van der Waals surface area contributed by atoms with Gasteiger partial charge in [0.2, 0.25) is 5.88 Å². The Bertz CT molecular complexity index is 500. The first-order valence-corrected chi connectivity index (χ1v) is 5.88. The van der Waals surface area contributed by atoms with E-state index in [0.29, 0.717) is 0 Å². The van der Waals surface area contributed by atoms with Crippen molar-refractivity contribution in [2.45, 2.75) is 33.8 Å². The van der Waals surface area contributed by atoms with Crippen molar-refractivity contribution in [3.63, 3.8) is 0 Å². The van der Waals surface area contributed by atoms with Gasteiger partial charge in [-0.15, -0.1) is 5.10 Å². The van der Waals surface area contributed by atoms with Gasteiger partial charge in [0, 0.05) is 11.3 Å². The van der Waals surface area contributed by atoms with E-state index in [1.54, 1.807) is 0 Å². The first-order chi connectivity index (χ1) is 8.09. The topological polar surface area (TPSA) is 27.1 Å². The molecule has 3 heteroatoms. The average Bonchev–Trinajstić information content (AvgIpc) is 2.58. The third-order valence-electron chi connectivity index (χ3n) is 2.72. The molecule has 1 heterocycles. The highest BCUT2D eigenvalue weighted by molar-refractivity contribution is 5.38. The molecule has 17 heavy (non-hydrogen) atoms. The molecule has 0 saturated carbocycles. The molecule has 0 aliphatic heterocycles. The van der Waals surface area contributed by atoms with Crippen LogP contribution < -0.4 is 4.74 Å². The molecule has 0 amide bonds. The smallest absolute Gasteiger partial charge is 0.236 e. The summed E-state index contributed by atoms with van der Waals surface area (Å²) < 4.78 is 7.62. The van der Waals surface area contributed by atoms with Gasteiger partial charge < -0.3 is 4.74 Å². The van der Waals surface area contributed by atoms with Gasteiger partial charge in [0.25, 0.3) is 0 Å². The first kappa shape index (κ1) is 11.7. The molecule has 90 valence electrons.